The second kappa shape index (κ2) is 4.29. The van der Waals surface area contributed by atoms with Gasteiger partial charge in [-0.15, -0.1) is 0 Å². The van der Waals surface area contributed by atoms with E-state index in [1.165, 1.54) is 0 Å². The summed E-state index contributed by atoms with van der Waals surface area (Å²) in [5.74, 6) is -0.209. The van der Waals surface area contributed by atoms with Crippen molar-refractivity contribution in [3.05, 3.63) is 11.7 Å². The molecule has 7 heteroatoms. The summed E-state index contributed by atoms with van der Waals surface area (Å²) in [6.07, 6.45) is -1.17. The topological polar surface area (TPSA) is 64.9 Å². The molecule has 2 rings (SSSR count). The third-order valence-electron chi connectivity index (χ3n) is 3.01. The van der Waals surface area contributed by atoms with Crippen molar-refractivity contribution in [2.75, 3.05) is 0 Å². The van der Waals surface area contributed by atoms with Crippen LogP contribution in [0.1, 0.15) is 43.8 Å². The quantitative estimate of drug-likeness (QED) is 0.873. The Kier molecular flexibility index (Phi) is 3.11. The number of hydrogen-bond donors (Lipinski definition) is 1. The van der Waals surface area contributed by atoms with Crippen LogP contribution in [0.4, 0.5) is 13.2 Å². The molecule has 0 aromatic carbocycles. The molecule has 1 fully saturated rings. The van der Waals surface area contributed by atoms with Gasteiger partial charge in [-0.25, -0.2) is 0 Å². The Morgan fingerprint density at radius 3 is 2.47 bits per heavy atom. The second-order valence-electron chi connectivity index (χ2n) is 4.52. The van der Waals surface area contributed by atoms with Crippen LogP contribution < -0.4 is 5.73 Å². The summed E-state index contributed by atoms with van der Waals surface area (Å²) in [5.41, 5.74) is 5.37. The first kappa shape index (κ1) is 12.3. The van der Waals surface area contributed by atoms with Crippen LogP contribution in [0.5, 0.6) is 0 Å². The van der Waals surface area contributed by atoms with Crippen molar-refractivity contribution in [2.24, 2.45) is 5.73 Å². The number of nitrogens with two attached hydrogens (primary N) is 1. The number of rotatable bonds is 2. The largest absolute Gasteiger partial charge is 0.397 e. The van der Waals surface area contributed by atoms with Crippen molar-refractivity contribution in [2.45, 2.75) is 50.2 Å². The van der Waals surface area contributed by atoms with Gasteiger partial charge in [0.2, 0.25) is 5.89 Å². The first-order chi connectivity index (χ1) is 7.89. The average molecular weight is 249 g/mol. The van der Waals surface area contributed by atoms with Crippen LogP contribution in [0.15, 0.2) is 4.52 Å². The van der Waals surface area contributed by atoms with Gasteiger partial charge >= 0.3 is 6.18 Å². The van der Waals surface area contributed by atoms with Gasteiger partial charge in [-0.1, -0.05) is 24.4 Å². The monoisotopic (exact) mass is 249 g/mol. The van der Waals surface area contributed by atoms with Crippen LogP contribution >= 0.6 is 0 Å². The first-order valence-electron chi connectivity index (χ1n) is 5.58. The maximum atomic E-state index is 12.1. The zero-order chi connectivity index (χ0) is 12.5. The highest BCUT2D eigenvalue weighted by molar-refractivity contribution is 5.05. The highest BCUT2D eigenvalue weighted by atomic mass is 19.4. The van der Waals surface area contributed by atoms with Crippen molar-refractivity contribution in [3.8, 4) is 0 Å². The van der Waals surface area contributed by atoms with Crippen LogP contribution in [0.3, 0.4) is 0 Å². The molecule has 0 spiro atoms. The van der Waals surface area contributed by atoms with Crippen LogP contribution in [0.25, 0.3) is 0 Å². The Balaban J connectivity index is 2.12. The predicted molar refractivity (Wildman–Crippen MR) is 53.0 cm³/mol. The molecule has 0 saturated heterocycles. The Morgan fingerprint density at radius 2 is 1.88 bits per heavy atom. The van der Waals surface area contributed by atoms with Gasteiger partial charge in [0.1, 0.15) is 6.42 Å². The Hall–Kier alpha value is -1.11. The van der Waals surface area contributed by atoms with E-state index in [0.717, 1.165) is 19.3 Å². The normalized spacial score (nSPS) is 20.5. The van der Waals surface area contributed by atoms with E-state index in [0.29, 0.717) is 12.8 Å². The lowest BCUT2D eigenvalue weighted by molar-refractivity contribution is -0.131. The number of alkyl halides is 3. The molecule has 1 saturated carbocycles. The Morgan fingerprint density at radius 1 is 1.24 bits per heavy atom. The fraction of sp³-hybridized carbons (Fsp3) is 0.800. The average Bonchev–Trinajstić information content (AvgIpc) is 2.65. The first-order valence-corrected chi connectivity index (χ1v) is 5.58. The summed E-state index contributed by atoms with van der Waals surface area (Å²) in [4.78, 5) is 3.77. The maximum Gasteiger partial charge on any atom is 0.397 e. The molecule has 1 aliphatic carbocycles. The molecular formula is C10H14F3N3O. The molecule has 0 bridgehead atoms. The molecule has 0 aliphatic heterocycles. The third kappa shape index (κ3) is 2.96. The molecule has 0 radical (unpaired) electrons. The van der Waals surface area contributed by atoms with Gasteiger partial charge in [0.25, 0.3) is 0 Å². The Bertz CT molecular complexity index is 382. The van der Waals surface area contributed by atoms with Gasteiger partial charge in [0, 0.05) is 0 Å². The minimum absolute atomic E-state index is 0.205. The molecule has 1 aromatic rings. The SMILES string of the molecule is NC1(c2noc(CC(F)(F)F)n2)CCCCC1. The van der Waals surface area contributed by atoms with Crippen molar-refractivity contribution in [1.29, 1.82) is 0 Å². The molecule has 0 atom stereocenters. The van der Waals surface area contributed by atoms with Crippen molar-refractivity contribution < 1.29 is 17.7 Å². The molecular weight excluding hydrogens is 235 g/mol. The van der Waals surface area contributed by atoms with Crippen molar-refractivity contribution >= 4 is 0 Å². The number of hydrogen-bond acceptors (Lipinski definition) is 4. The highest BCUT2D eigenvalue weighted by Gasteiger charge is 2.36. The number of halogens is 3. The lowest BCUT2D eigenvalue weighted by Crippen LogP contribution is -2.39. The fourth-order valence-electron chi connectivity index (χ4n) is 2.11. The molecule has 2 N–H and O–H groups in total. The standard InChI is InChI=1S/C10H14F3N3O/c11-10(12,13)6-7-15-8(16-17-7)9(14)4-2-1-3-5-9/h1-6,14H2. The van der Waals surface area contributed by atoms with Crippen molar-refractivity contribution in [3.63, 3.8) is 0 Å². The second-order valence-corrected chi connectivity index (χ2v) is 4.52. The highest BCUT2D eigenvalue weighted by Crippen LogP contribution is 2.33. The molecule has 0 amide bonds. The summed E-state index contributed by atoms with van der Waals surface area (Å²) in [6.45, 7) is 0. The zero-order valence-electron chi connectivity index (χ0n) is 9.26. The smallest absolute Gasteiger partial charge is 0.339 e. The van der Waals surface area contributed by atoms with E-state index in [2.05, 4.69) is 14.7 Å². The van der Waals surface area contributed by atoms with Crippen molar-refractivity contribution in [1.82, 2.24) is 10.1 Å². The van der Waals surface area contributed by atoms with Crippen LogP contribution in [-0.2, 0) is 12.0 Å². The minimum Gasteiger partial charge on any atom is -0.339 e. The summed E-state index contributed by atoms with van der Waals surface area (Å²) < 4.78 is 41.0. The lowest BCUT2D eigenvalue weighted by atomic mass is 9.82. The van der Waals surface area contributed by atoms with Gasteiger partial charge < -0.3 is 10.3 Å². The molecule has 0 unspecified atom stereocenters. The Labute approximate surface area is 96.4 Å². The summed E-state index contributed by atoms with van der Waals surface area (Å²) >= 11 is 0. The third-order valence-corrected chi connectivity index (χ3v) is 3.01. The van der Waals surface area contributed by atoms with Crippen LogP contribution in [0, 0.1) is 0 Å². The fourth-order valence-corrected chi connectivity index (χ4v) is 2.11. The van der Waals surface area contributed by atoms with Gasteiger partial charge in [0.15, 0.2) is 5.82 Å². The summed E-state index contributed by atoms with van der Waals surface area (Å²) in [6, 6.07) is 0. The van der Waals surface area contributed by atoms with E-state index in [-0.39, 0.29) is 5.82 Å². The molecule has 4 nitrogen and oxygen atoms in total. The van der Waals surface area contributed by atoms with E-state index in [4.69, 9.17) is 5.73 Å². The van der Waals surface area contributed by atoms with Crippen LogP contribution in [-0.4, -0.2) is 16.3 Å². The molecule has 96 valence electrons. The maximum absolute atomic E-state index is 12.1. The van der Waals surface area contributed by atoms with E-state index in [1.807, 2.05) is 0 Å². The lowest BCUT2D eigenvalue weighted by Gasteiger charge is -2.29. The summed E-state index contributed by atoms with van der Waals surface area (Å²) in [7, 11) is 0. The van der Waals surface area contributed by atoms with E-state index >= 15 is 0 Å². The van der Waals surface area contributed by atoms with Gasteiger partial charge in [0.05, 0.1) is 5.54 Å². The van der Waals surface area contributed by atoms with Crippen LogP contribution in [0.2, 0.25) is 0 Å². The van der Waals surface area contributed by atoms with E-state index < -0.39 is 24.0 Å². The number of aromatic nitrogens is 2. The molecule has 1 heterocycles. The van der Waals surface area contributed by atoms with E-state index in [9.17, 15) is 13.2 Å². The summed E-state index contributed by atoms with van der Waals surface area (Å²) in [5, 5.41) is 3.58. The number of nitrogens with zero attached hydrogens (tertiary/aromatic N) is 2. The molecule has 1 aromatic heterocycles. The molecule has 1 aliphatic rings. The van der Waals surface area contributed by atoms with Gasteiger partial charge in [-0.2, -0.15) is 18.2 Å². The van der Waals surface area contributed by atoms with Gasteiger partial charge in [-0.05, 0) is 12.8 Å². The zero-order valence-corrected chi connectivity index (χ0v) is 9.26. The predicted octanol–water partition coefficient (Wildman–Crippen LogP) is 2.29. The van der Waals surface area contributed by atoms with Gasteiger partial charge in [-0.3, -0.25) is 0 Å². The molecule has 17 heavy (non-hydrogen) atoms. The van der Waals surface area contributed by atoms with E-state index in [1.54, 1.807) is 0 Å². The minimum atomic E-state index is -4.34.